The maximum Gasteiger partial charge on any atom is 0.418 e. The molecule has 11 heteroatoms. The summed E-state index contributed by atoms with van der Waals surface area (Å²) in [7, 11) is -4.78. The van der Waals surface area contributed by atoms with Crippen LogP contribution in [0.1, 0.15) is 38.5 Å². The molecule has 0 aromatic carbocycles. The number of nitrogens with one attached hydrogen (secondary N) is 1. The van der Waals surface area contributed by atoms with Crippen LogP contribution in [0.25, 0.3) is 0 Å². The van der Waals surface area contributed by atoms with Crippen LogP contribution in [0.5, 0.6) is 0 Å². The Kier molecular flexibility index (Phi) is 3.78. The first-order chi connectivity index (χ1) is 12.8. The summed E-state index contributed by atoms with van der Waals surface area (Å²) in [6.45, 7) is 2.28. The van der Waals surface area contributed by atoms with Crippen LogP contribution in [0, 0.1) is 5.41 Å². The first-order valence-corrected chi connectivity index (χ1v) is 10.9. The first-order valence-electron chi connectivity index (χ1n) is 9.56. The number of fused-ring (bicyclic) bond motifs is 2. The van der Waals surface area contributed by atoms with Gasteiger partial charge in [-0.2, -0.15) is 13.5 Å². The summed E-state index contributed by atoms with van der Waals surface area (Å²) in [5, 5.41) is 4.00. The molecule has 3 heterocycles. The average molecular weight is 400 g/mol. The summed E-state index contributed by atoms with van der Waals surface area (Å²) >= 11 is 0. The summed E-state index contributed by atoms with van der Waals surface area (Å²) in [4.78, 5) is 29.3. The van der Waals surface area contributed by atoms with Crippen molar-refractivity contribution in [1.29, 1.82) is 0 Å². The van der Waals surface area contributed by atoms with Crippen molar-refractivity contribution in [2.75, 3.05) is 19.6 Å². The molecular weight excluding hydrogens is 376 g/mol. The van der Waals surface area contributed by atoms with Gasteiger partial charge in [-0.05, 0) is 43.9 Å². The van der Waals surface area contributed by atoms with Gasteiger partial charge in [0.05, 0.1) is 6.04 Å². The first kappa shape index (κ1) is 17.7. The highest BCUT2D eigenvalue weighted by molar-refractivity contribution is 7.80. The molecule has 3 aliphatic heterocycles. The predicted molar refractivity (Wildman–Crippen MR) is 91.6 cm³/mol. The Morgan fingerprint density at radius 3 is 2.44 bits per heavy atom. The third-order valence-electron chi connectivity index (χ3n) is 6.71. The van der Waals surface area contributed by atoms with E-state index >= 15 is 0 Å². The molecule has 2 aliphatic carbocycles. The predicted octanol–water partition coefficient (Wildman–Crippen LogP) is -0.268. The van der Waals surface area contributed by atoms with Gasteiger partial charge in [0.1, 0.15) is 6.04 Å². The van der Waals surface area contributed by atoms with E-state index in [1.807, 2.05) is 4.90 Å². The van der Waals surface area contributed by atoms with Crippen molar-refractivity contribution < 1.29 is 26.8 Å². The highest BCUT2D eigenvalue weighted by atomic mass is 32.3. The molecule has 5 aliphatic rings. The zero-order valence-corrected chi connectivity index (χ0v) is 15.7. The van der Waals surface area contributed by atoms with Crippen molar-refractivity contribution >= 4 is 22.3 Å². The minimum absolute atomic E-state index is 0.0230. The number of nitrogens with zero attached hydrogens (tertiary/aromatic N) is 3. The standard InChI is InChI=1S/C16H24N4O6S/c21-14(19(10-1-2-10)12-5-16(6-12)8-17-9-16)13-4-3-11-7-18(13)15(22)20(11)26-27(23,24)25/h10-13,17H,1-9H2,(H,23,24,25). The lowest BCUT2D eigenvalue weighted by atomic mass is 9.61. The SMILES string of the molecule is O=C1N2CC(CCC2C(=O)N(C2CC2)C2CC3(CNC3)C2)N1OS(=O)(=O)O. The number of urea groups is 1. The number of hydrogen-bond donors (Lipinski definition) is 2. The molecule has 27 heavy (non-hydrogen) atoms. The van der Waals surface area contributed by atoms with Crippen molar-refractivity contribution in [3.63, 3.8) is 0 Å². The van der Waals surface area contributed by atoms with E-state index in [1.54, 1.807) is 0 Å². The number of hydroxylamine groups is 2. The van der Waals surface area contributed by atoms with E-state index in [1.165, 1.54) is 4.90 Å². The highest BCUT2D eigenvalue weighted by Crippen LogP contribution is 2.49. The lowest BCUT2D eigenvalue weighted by Crippen LogP contribution is -2.67. The highest BCUT2D eigenvalue weighted by Gasteiger charge is 2.56. The summed E-state index contributed by atoms with van der Waals surface area (Å²) in [6.07, 6.45) is 4.99. The third kappa shape index (κ3) is 2.91. The molecule has 0 aromatic rings. The van der Waals surface area contributed by atoms with Crippen LogP contribution in [0.4, 0.5) is 4.79 Å². The molecule has 2 N–H and O–H groups in total. The number of amides is 3. The van der Waals surface area contributed by atoms with Gasteiger partial charge in [-0.1, -0.05) is 0 Å². The van der Waals surface area contributed by atoms with Gasteiger partial charge >= 0.3 is 16.4 Å². The minimum atomic E-state index is -4.78. The second kappa shape index (κ2) is 5.79. The van der Waals surface area contributed by atoms with Crippen molar-refractivity contribution in [2.45, 2.75) is 62.7 Å². The van der Waals surface area contributed by atoms with Gasteiger partial charge in [0.25, 0.3) is 0 Å². The molecule has 5 fully saturated rings. The Hall–Kier alpha value is -1.43. The number of piperidine rings is 1. The maximum atomic E-state index is 13.3. The van der Waals surface area contributed by atoms with Crippen LogP contribution >= 0.6 is 0 Å². The lowest BCUT2D eigenvalue weighted by Gasteiger charge is -2.57. The minimum Gasteiger partial charge on any atom is -0.335 e. The molecular formula is C16H24N4O6S. The molecule has 150 valence electrons. The van der Waals surface area contributed by atoms with Crippen LogP contribution in [0.2, 0.25) is 0 Å². The molecule has 0 aromatic heterocycles. The van der Waals surface area contributed by atoms with Crippen LogP contribution in [0.15, 0.2) is 0 Å². The Bertz CT molecular complexity index is 772. The summed E-state index contributed by atoms with van der Waals surface area (Å²) in [6, 6.07) is -1.20. The number of rotatable bonds is 5. The van der Waals surface area contributed by atoms with Gasteiger partial charge < -0.3 is 15.1 Å². The Morgan fingerprint density at radius 2 is 1.89 bits per heavy atom. The van der Waals surface area contributed by atoms with Crippen LogP contribution < -0.4 is 5.32 Å². The van der Waals surface area contributed by atoms with E-state index in [0.717, 1.165) is 38.8 Å². The third-order valence-corrected chi connectivity index (χ3v) is 7.06. The van der Waals surface area contributed by atoms with E-state index < -0.39 is 28.5 Å². The van der Waals surface area contributed by atoms with E-state index in [0.29, 0.717) is 23.3 Å². The van der Waals surface area contributed by atoms with Gasteiger partial charge in [0.2, 0.25) is 5.91 Å². The van der Waals surface area contributed by atoms with Gasteiger partial charge in [-0.3, -0.25) is 9.35 Å². The van der Waals surface area contributed by atoms with E-state index in [2.05, 4.69) is 9.60 Å². The second-order valence-electron chi connectivity index (χ2n) is 8.65. The molecule has 5 rings (SSSR count). The van der Waals surface area contributed by atoms with Gasteiger partial charge in [0, 0.05) is 31.7 Å². The monoisotopic (exact) mass is 400 g/mol. The quantitative estimate of drug-likeness (QED) is 0.610. The zero-order valence-electron chi connectivity index (χ0n) is 14.9. The smallest absolute Gasteiger partial charge is 0.335 e. The maximum absolute atomic E-state index is 13.3. The molecule has 3 saturated heterocycles. The fourth-order valence-corrected chi connectivity index (χ4v) is 5.56. The van der Waals surface area contributed by atoms with E-state index in [4.69, 9.17) is 4.55 Å². The van der Waals surface area contributed by atoms with E-state index in [-0.39, 0.29) is 24.5 Å². The molecule has 0 radical (unpaired) electrons. The normalized spacial score (nSPS) is 32.4. The second-order valence-corrected chi connectivity index (χ2v) is 9.66. The largest absolute Gasteiger partial charge is 0.418 e. The van der Waals surface area contributed by atoms with Gasteiger partial charge in [-0.25, -0.2) is 4.79 Å². The summed E-state index contributed by atoms with van der Waals surface area (Å²) in [5.74, 6) is -0.0230. The van der Waals surface area contributed by atoms with Crippen molar-refractivity contribution in [3.05, 3.63) is 0 Å². The molecule has 2 saturated carbocycles. The molecule has 2 unspecified atom stereocenters. The van der Waals surface area contributed by atoms with Gasteiger partial charge in [-0.15, -0.1) is 4.28 Å². The number of hydrogen-bond acceptors (Lipinski definition) is 6. The summed E-state index contributed by atoms with van der Waals surface area (Å²) < 4.78 is 35.4. The fourth-order valence-electron chi connectivity index (χ4n) is 5.17. The number of carbonyl (C=O) groups is 2. The van der Waals surface area contributed by atoms with Crippen molar-refractivity contribution in [3.8, 4) is 0 Å². The number of carbonyl (C=O) groups excluding carboxylic acids is 2. The Labute approximate surface area is 157 Å². The Balaban J connectivity index is 1.31. The summed E-state index contributed by atoms with van der Waals surface area (Å²) in [5.41, 5.74) is 0.360. The lowest BCUT2D eigenvalue weighted by molar-refractivity contribution is -0.147. The average Bonchev–Trinajstić information content (AvgIpc) is 3.32. The molecule has 2 bridgehead atoms. The van der Waals surface area contributed by atoms with Crippen LogP contribution in [0.3, 0.4) is 0 Å². The topological polar surface area (TPSA) is 119 Å². The molecule has 10 nitrogen and oxygen atoms in total. The zero-order chi connectivity index (χ0) is 19.0. The van der Waals surface area contributed by atoms with Crippen molar-refractivity contribution in [2.24, 2.45) is 5.41 Å². The molecule has 3 amide bonds. The van der Waals surface area contributed by atoms with Crippen LogP contribution in [-0.2, 0) is 19.5 Å². The molecule has 2 atom stereocenters. The molecule has 1 spiro atoms. The van der Waals surface area contributed by atoms with E-state index in [9.17, 15) is 18.0 Å². The Morgan fingerprint density at radius 1 is 1.19 bits per heavy atom. The van der Waals surface area contributed by atoms with Crippen molar-refractivity contribution in [1.82, 2.24) is 20.2 Å². The van der Waals surface area contributed by atoms with Gasteiger partial charge in [0.15, 0.2) is 0 Å². The fraction of sp³-hybridized carbons (Fsp3) is 0.875. The van der Waals surface area contributed by atoms with Crippen LogP contribution in [-0.4, -0.2) is 83.6 Å².